The average molecular weight is 278 g/mol. The third kappa shape index (κ3) is 2.84. The van der Waals surface area contributed by atoms with Gasteiger partial charge in [-0.1, -0.05) is 13.8 Å². The van der Waals surface area contributed by atoms with Crippen LogP contribution in [0.3, 0.4) is 0 Å². The van der Waals surface area contributed by atoms with Crippen LogP contribution in [0.15, 0.2) is 18.5 Å². The molecule has 2 unspecified atom stereocenters. The minimum Gasteiger partial charge on any atom is -0.481 e. The maximum Gasteiger partial charge on any atom is 0.305 e. The fourth-order valence-corrected chi connectivity index (χ4v) is 2.12. The van der Waals surface area contributed by atoms with Crippen LogP contribution in [0.4, 0.5) is 0 Å². The number of tetrazole rings is 1. The van der Waals surface area contributed by atoms with Gasteiger partial charge >= 0.3 is 5.97 Å². The summed E-state index contributed by atoms with van der Waals surface area (Å²) in [6.45, 7) is 5.84. The fraction of sp³-hybridized carbons (Fsp3) is 0.583. The third-order valence-electron chi connectivity index (χ3n) is 3.28. The highest BCUT2D eigenvalue weighted by Gasteiger charge is 2.26. The van der Waals surface area contributed by atoms with Crippen molar-refractivity contribution in [2.24, 2.45) is 5.92 Å². The Hall–Kier alpha value is -2.25. The predicted molar refractivity (Wildman–Crippen MR) is 70.0 cm³/mol. The van der Waals surface area contributed by atoms with Crippen LogP contribution < -0.4 is 0 Å². The van der Waals surface area contributed by atoms with Gasteiger partial charge in [-0.15, -0.1) is 5.10 Å². The molecular weight excluding hydrogens is 260 g/mol. The van der Waals surface area contributed by atoms with Gasteiger partial charge < -0.3 is 5.11 Å². The van der Waals surface area contributed by atoms with Gasteiger partial charge in [0.05, 0.1) is 12.5 Å². The molecule has 0 radical (unpaired) electrons. The van der Waals surface area contributed by atoms with Crippen molar-refractivity contribution >= 4 is 5.97 Å². The van der Waals surface area contributed by atoms with E-state index in [1.165, 1.54) is 0 Å². The average Bonchev–Trinajstić information content (AvgIpc) is 3.05. The number of aliphatic carboxylic acids is 1. The van der Waals surface area contributed by atoms with Crippen LogP contribution in [-0.4, -0.2) is 41.1 Å². The van der Waals surface area contributed by atoms with Crippen LogP contribution >= 0.6 is 0 Å². The highest BCUT2D eigenvalue weighted by atomic mass is 16.4. The zero-order valence-electron chi connectivity index (χ0n) is 11.7. The molecule has 0 aliphatic carbocycles. The normalized spacial score (nSPS) is 14.4. The maximum absolute atomic E-state index is 11.0. The van der Waals surface area contributed by atoms with Gasteiger partial charge in [-0.25, -0.2) is 4.68 Å². The molecule has 0 saturated heterocycles. The van der Waals surface area contributed by atoms with Crippen molar-refractivity contribution in [3.8, 4) is 0 Å². The second-order valence-electron chi connectivity index (χ2n) is 5.05. The van der Waals surface area contributed by atoms with E-state index in [0.717, 1.165) is 0 Å². The van der Waals surface area contributed by atoms with Crippen LogP contribution in [0.1, 0.15) is 45.1 Å². The first kappa shape index (κ1) is 14.2. The van der Waals surface area contributed by atoms with E-state index >= 15 is 0 Å². The molecule has 2 aromatic heterocycles. The first-order valence-electron chi connectivity index (χ1n) is 6.49. The Morgan fingerprint density at radius 3 is 2.70 bits per heavy atom. The lowest BCUT2D eigenvalue weighted by atomic mass is 10.0. The summed E-state index contributed by atoms with van der Waals surface area (Å²) in [4.78, 5) is 11.0. The first-order chi connectivity index (χ1) is 9.50. The van der Waals surface area contributed by atoms with Gasteiger partial charge in [-0.2, -0.15) is 5.10 Å². The van der Waals surface area contributed by atoms with Crippen LogP contribution in [0.2, 0.25) is 0 Å². The predicted octanol–water partition coefficient (Wildman–Crippen LogP) is 1.15. The van der Waals surface area contributed by atoms with E-state index in [4.69, 9.17) is 5.11 Å². The van der Waals surface area contributed by atoms with Crippen molar-refractivity contribution in [1.82, 2.24) is 30.0 Å². The topological polar surface area (TPSA) is 98.7 Å². The third-order valence-corrected chi connectivity index (χ3v) is 3.28. The van der Waals surface area contributed by atoms with Crippen LogP contribution in [-0.2, 0) is 4.79 Å². The monoisotopic (exact) mass is 278 g/mol. The molecule has 2 heterocycles. The van der Waals surface area contributed by atoms with Crippen LogP contribution in [0, 0.1) is 5.92 Å². The molecule has 0 spiro atoms. The van der Waals surface area contributed by atoms with Crippen molar-refractivity contribution in [2.45, 2.75) is 39.3 Å². The van der Waals surface area contributed by atoms with E-state index in [2.05, 4.69) is 20.6 Å². The second-order valence-corrected chi connectivity index (χ2v) is 5.05. The summed E-state index contributed by atoms with van der Waals surface area (Å²) in [7, 11) is 0. The number of aromatic nitrogens is 6. The molecular formula is C12H18N6O2. The minimum atomic E-state index is -0.864. The lowest BCUT2D eigenvalue weighted by Gasteiger charge is -2.22. The zero-order valence-corrected chi connectivity index (χ0v) is 11.7. The number of hydrogen-bond donors (Lipinski definition) is 1. The molecule has 1 N–H and O–H groups in total. The molecule has 0 aliphatic rings. The number of hydrogen-bond acceptors (Lipinski definition) is 5. The van der Waals surface area contributed by atoms with E-state index < -0.39 is 5.97 Å². The highest BCUT2D eigenvalue weighted by Crippen LogP contribution is 2.24. The standard InChI is InChI=1S/C12H18N6O2/c1-8(2)10(7-11(19)20)18-12(14-15-16-18)9(3)17-6-4-5-13-17/h4-6,8-10H,7H2,1-3H3,(H,19,20). The lowest BCUT2D eigenvalue weighted by Crippen LogP contribution is -2.24. The molecule has 0 saturated carbocycles. The second kappa shape index (κ2) is 5.81. The lowest BCUT2D eigenvalue weighted by molar-refractivity contribution is -0.138. The number of nitrogens with zero attached hydrogens (tertiary/aromatic N) is 6. The summed E-state index contributed by atoms with van der Waals surface area (Å²) in [6, 6.07) is 1.38. The Balaban J connectivity index is 2.33. The smallest absolute Gasteiger partial charge is 0.305 e. The van der Waals surface area contributed by atoms with Gasteiger partial charge in [0.15, 0.2) is 5.82 Å². The van der Waals surface area contributed by atoms with Crippen molar-refractivity contribution in [2.75, 3.05) is 0 Å². The molecule has 2 atom stereocenters. The van der Waals surface area contributed by atoms with E-state index in [-0.39, 0.29) is 24.4 Å². The molecule has 2 aromatic rings. The van der Waals surface area contributed by atoms with Gasteiger partial charge in [0.2, 0.25) is 0 Å². The quantitative estimate of drug-likeness (QED) is 0.851. The van der Waals surface area contributed by atoms with Gasteiger partial charge in [0, 0.05) is 12.4 Å². The van der Waals surface area contributed by atoms with Crippen molar-refractivity contribution in [3.63, 3.8) is 0 Å². The van der Waals surface area contributed by atoms with Gasteiger partial charge in [0.1, 0.15) is 6.04 Å². The van der Waals surface area contributed by atoms with E-state index in [1.54, 1.807) is 15.6 Å². The number of carboxylic acid groups (broad SMARTS) is 1. The summed E-state index contributed by atoms with van der Waals surface area (Å²) < 4.78 is 3.34. The molecule has 0 amide bonds. The van der Waals surface area contributed by atoms with Crippen molar-refractivity contribution in [3.05, 3.63) is 24.3 Å². The number of rotatable bonds is 6. The summed E-state index contributed by atoms with van der Waals surface area (Å²) in [5.74, 6) is -0.149. The van der Waals surface area contributed by atoms with E-state index in [9.17, 15) is 4.79 Å². The van der Waals surface area contributed by atoms with E-state index in [1.807, 2.05) is 33.0 Å². The Labute approximate surface area is 116 Å². The summed E-state index contributed by atoms with van der Waals surface area (Å²) >= 11 is 0. The van der Waals surface area contributed by atoms with Crippen LogP contribution in [0.25, 0.3) is 0 Å². The molecule has 8 nitrogen and oxygen atoms in total. The molecule has 108 valence electrons. The number of carboxylic acids is 1. The van der Waals surface area contributed by atoms with Crippen molar-refractivity contribution < 1.29 is 9.90 Å². The highest BCUT2D eigenvalue weighted by molar-refractivity contribution is 5.67. The summed E-state index contributed by atoms with van der Waals surface area (Å²) in [6.07, 6.45) is 3.49. The number of carbonyl (C=O) groups is 1. The molecule has 2 rings (SSSR count). The zero-order chi connectivity index (χ0) is 14.7. The Morgan fingerprint density at radius 1 is 1.40 bits per heavy atom. The Kier molecular flexibility index (Phi) is 4.11. The molecule has 0 aliphatic heterocycles. The van der Waals surface area contributed by atoms with Gasteiger partial charge in [-0.3, -0.25) is 9.48 Å². The van der Waals surface area contributed by atoms with Gasteiger partial charge in [0.25, 0.3) is 0 Å². The fourth-order valence-electron chi connectivity index (χ4n) is 2.12. The molecule has 0 fully saturated rings. The minimum absolute atomic E-state index is 0.0124. The SMILES string of the molecule is CC(C)C(CC(=O)O)n1nnnc1C(C)n1cccn1. The molecule has 0 aromatic carbocycles. The van der Waals surface area contributed by atoms with Crippen LogP contribution in [0.5, 0.6) is 0 Å². The molecule has 0 bridgehead atoms. The molecule has 20 heavy (non-hydrogen) atoms. The summed E-state index contributed by atoms with van der Waals surface area (Å²) in [5.41, 5.74) is 0. The Morgan fingerprint density at radius 2 is 2.15 bits per heavy atom. The summed E-state index contributed by atoms with van der Waals surface area (Å²) in [5, 5.41) is 24.9. The van der Waals surface area contributed by atoms with Gasteiger partial charge in [-0.05, 0) is 29.3 Å². The molecule has 8 heteroatoms. The van der Waals surface area contributed by atoms with E-state index in [0.29, 0.717) is 5.82 Å². The Bertz CT molecular complexity index is 562. The maximum atomic E-state index is 11.0. The van der Waals surface area contributed by atoms with Crippen molar-refractivity contribution in [1.29, 1.82) is 0 Å². The first-order valence-corrected chi connectivity index (χ1v) is 6.49. The largest absolute Gasteiger partial charge is 0.481 e.